The summed E-state index contributed by atoms with van der Waals surface area (Å²) in [6.07, 6.45) is 45.0. The topological polar surface area (TPSA) is 0 Å². The fraction of sp³-hybridized carbons (Fsp3) is 0.250. The molecule has 0 N–H and O–H groups in total. The highest BCUT2D eigenvalue weighted by Gasteiger charge is 1.86. The summed E-state index contributed by atoms with van der Waals surface area (Å²) in [5.74, 6) is 0. The van der Waals surface area contributed by atoms with E-state index >= 15 is 0 Å². The van der Waals surface area contributed by atoms with Gasteiger partial charge in [0.2, 0.25) is 0 Å². The molecule has 0 aromatic rings. The molecule has 0 saturated carbocycles. The largest absolute Gasteiger partial charge is 0.0845 e. The summed E-state index contributed by atoms with van der Waals surface area (Å²) >= 11 is 0. The van der Waals surface area contributed by atoms with E-state index in [1.165, 1.54) is 38.5 Å². The molecule has 0 aliphatic heterocycles. The Hall–Kier alpha value is -2.34. The summed E-state index contributed by atoms with van der Waals surface area (Å²) in [5.41, 5.74) is 0. The fourth-order valence-electron chi connectivity index (χ4n) is 2.13. The van der Waals surface area contributed by atoms with E-state index in [-0.39, 0.29) is 0 Å². The lowest BCUT2D eigenvalue weighted by atomic mass is 10.1. The predicted molar refractivity (Wildman–Crippen MR) is 110 cm³/mol. The van der Waals surface area contributed by atoms with Gasteiger partial charge in [0.1, 0.15) is 0 Å². The van der Waals surface area contributed by atoms with Gasteiger partial charge in [-0.1, -0.05) is 122 Å². The second-order valence-corrected chi connectivity index (χ2v) is 5.54. The summed E-state index contributed by atoms with van der Waals surface area (Å²) in [4.78, 5) is 0. The third-order valence-electron chi connectivity index (χ3n) is 3.43. The molecule has 0 aromatic carbocycles. The van der Waals surface area contributed by atoms with Crippen LogP contribution in [0.3, 0.4) is 0 Å². The van der Waals surface area contributed by atoms with E-state index in [0.29, 0.717) is 0 Å². The molecule has 0 unspecified atom stereocenters. The standard InChI is InChI=1S/C24H30/c1-2-4-6-8-10-12-14-16-18-20-22-24-23-21-19-17-15-13-11-9-7-5-3-1/h1-18H,19-24H2/b2-1+,5-3+,6-4+,9-7-,10-8+,13-11+,14-12-,17-15+,18-16?. The van der Waals surface area contributed by atoms with Crippen LogP contribution in [0.4, 0.5) is 0 Å². The zero-order chi connectivity index (χ0) is 17.0. The van der Waals surface area contributed by atoms with Gasteiger partial charge in [-0.3, -0.25) is 0 Å². The number of hydrogen-bond acceptors (Lipinski definition) is 0. The van der Waals surface area contributed by atoms with Gasteiger partial charge in [-0.15, -0.1) is 0 Å². The van der Waals surface area contributed by atoms with Gasteiger partial charge in [0.25, 0.3) is 0 Å². The summed E-state index contributed by atoms with van der Waals surface area (Å²) in [5, 5.41) is 0. The third-order valence-corrected chi connectivity index (χ3v) is 3.43. The van der Waals surface area contributed by atoms with Crippen molar-refractivity contribution in [2.75, 3.05) is 0 Å². The molecule has 0 bridgehead atoms. The zero-order valence-corrected chi connectivity index (χ0v) is 14.6. The maximum absolute atomic E-state index is 2.26. The van der Waals surface area contributed by atoms with Gasteiger partial charge in [-0.05, 0) is 25.7 Å². The Labute approximate surface area is 148 Å². The minimum Gasteiger partial charge on any atom is -0.0845 e. The van der Waals surface area contributed by atoms with Gasteiger partial charge in [-0.25, -0.2) is 0 Å². The molecular formula is C24H30. The first-order valence-corrected chi connectivity index (χ1v) is 8.98. The molecule has 126 valence electrons. The van der Waals surface area contributed by atoms with E-state index in [2.05, 4.69) is 48.6 Å². The highest BCUT2D eigenvalue weighted by atomic mass is 13.9. The number of rotatable bonds is 0. The van der Waals surface area contributed by atoms with Crippen LogP contribution in [0.5, 0.6) is 0 Å². The molecule has 0 saturated heterocycles. The van der Waals surface area contributed by atoms with Crippen LogP contribution in [0.2, 0.25) is 0 Å². The van der Waals surface area contributed by atoms with Crippen LogP contribution in [-0.4, -0.2) is 0 Å². The average molecular weight is 319 g/mol. The fourth-order valence-corrected chi connectivity index (χ4v) is 2.13. The lowest BCUT2D eigenvalue weighted by molar-refractivity contribution is 0.652. The Morgan fingerprint density at radius 2 is 0.500 bits per heavy atom. The normalized spacial score (nSPS) is 28.7. The van der Waals surface area contributed by atoms with E-state index in [1.54, 1.807) is 0 Å². The summed E-state index contributed by atoms with van der Waals surface area (Å²) in [6.45, 7) is 0. The second-order valence-electron chi connectivity index (χ2n) is 5.54. The van der Waals surface area contributed by atoms with Gasteiger partial charge in [-0.2, -0.15) is 0 Å². The molecule has 1 rings (SSSR count). The molecule has 0 spiro atoms. The molecule has 0 atom stereocenters. The van der Waals surface area contributed by atoms with Crippen molar-refractivity contribution in [1.29, 1.82) is 0 Å². The minimum absolute atomic E-state index is 1.18. The Morgan fingerprint density at radius 3 is 0.792 bits per heavy atom. The third kappa shape index (κ3) is 14.6. The van der Waals surface area contributed by atoms with E-state index in [1.807, 2.05) is 60.8 Å². The SMILES string of the molecule is C1=CCCCCCC/C=C/C=C/C=C\C=C\C=C\C=C\C=C\C=C/1. The van der Waals surface area contributed by atoms with Crippen LogP contribution < -0.4 is 0 Å². The van der Waals surface area contributed by atoms with Crippen molar-refractivity contribution in [3.8, 4) is 0 Å². The molecule has 24 heavy (non-hydrogen) atoms. The maximum atomic E-state index is 2.26. The Kier molecular flexibility index (Phi) is 14.0. The van der Waals surface area contributed by atoms with Gasteiger partial charge in [0.15, 0.2) is 0 Å². The number of hydrogen-bond donors (Lipinski definition) is 0. The van der Waals surface area contributed by atoms with Crippen LogP contribution in [0.15, 0.2) is 109 Å². The predicted octanol–water partition coefficient (Wildman–Crippen LogP) is 7.35. The Morgan fingerprint density at radius 1 is 0.250 bits per heavy atom. The Balaban J connectivity index is 2.48. The summed E-state index contributed by atoms with van der Waals surface area (Å²) in [7, 11) is 0. The van der Waals surface area contributed by atoms with E-state index < -0.39 is 0 Å². The van der Waals surface area contributed by atoms with Crippen LogP contribution in [0, 0.1) is 0 Å². The second kappa shape index (κ2) is 17.0. The molecule has 0 fully saturated rings. The molecule has 0 heteroatoms. The van der Waals surface area contributed by atoms with Crippen LogP contribution in [0.25, 0.3) is 0 Å². The summed E-state index contributed by atoms with van der Waals surface area (Å²) < 4.78 is 0. The van der Waals surface area contributed by atoms with Gasteiger partial charge in [0.05, 0.1) is 0 Å². The van der Waals surface area contributed by atoms with Gasteiger partial charge < -0.3 is 0 Å². The zero-order valence-electron chi connectivity index (χ0n) is 14.6. The van der Waals surface area contributed by atoms with E-state index in [4.69, 9.17) is 0 Å². The maximum Gasteiger partial charge on any atom is -0.0348 e. The van der Waals surface area contributed by atoms with Crippen molar-refractivity contribution in [2.24, 2.45) is 0 Å². The first-order chi connectivity index (χ1) is 12.0. The molecule has 0 heterocycles. The van der Waals surface area contributed by atoms with E-state index in [9.17, 15) is 0 Å². The average Bonchev–Trinajstić information content (AvgIpc) is 2.59. The smallest absolute Gasteiger partial charge is 0.0348 e. The Bertz CT molecular complexity index is 493. The van der Waals surface area contributed by atoms with Crippen molar-refractivity contribution in [3.05, 3.63) is 109 Å². The lowest BCUT2D eigenvalue weighted by Gasteiger charge is -1.96. The highest BCUT2D eigenvalue weighted by Crippen LogP contribution is 2.06. The lowest BCUT2D eigenvalue weighted by Crippen LogP contribution is -1.76. The minimum atomic E-state index is 1.18. The molecular weight excluding hydrogens is 288 g/mol. The number of allylic oxidation sites excluding steroid dienone is 18. The molecule has 1 aliphatic carbocycles. The molecule has 0 amide bonds. The van der Waals surface area contributed by atoms with Crippen LogP contribution in [-0.2, 0) is 0 Å². The first-order valence-electron chi connectivity index (χ1n) is 8.98. The van der Waals surface area contributed by atoms with Crippen LogP contribution >= 0.6 is 0 Å². The molecule has 0 nitrogen and oxygen atoms in total. The van der Waals surface area contributed by atoms with Crippen molar-refractivity contribution in [1.82, 2.24) is 0 Å². The van der Waals surface area contributed by atoms with E-state index in [0.717, 1.165) is 0 Å². The van der Waals surface area contributed by atoms with Crippen molar-refractivity contribution < 1.29 is 0 Å². The monoisotopic (exact) mass is 318 g/mol. The van der Waals surface area contributed by atoms with Gasteiger partial charge in [0, 0.05) is 0 Å². The molecule has 0 aromatic heterocycles. The quantitative estimate of drug-likeness (QED) is 0.438. The summed E-state index contributed by atoms with van der Waals surface area (Å²) in [6, 6.07) is 0. The highest BCUT2D eigenvalue weighted by molar-refractivity contribution is 5.21. The van der Waals surface area contributed by atoms with Gasteiger partial charge >= 0.3 is 0 Å². The first kappa shape index (κ1) is 19.7. The molecule has 1 aliphatic rings. The van der Waals surface area contributed by atoms with Crippen molar-refractivity contribution in [3.63, 3.8) is 0 Å². The van der Waals surface area contributed by atoms with Crippen molar-refractivity contribution >= 4 is 0 Å². The molecule has 0 radical (unpaired) electrons. The van der Waals surface area contributed by atoms with Crippen LogP contribution in [0.1, 0.15) is 38.5 Å². The van der Waals surface area contributed by atoms with Crippen molar-refractivity contribution in [2.45, 2.75) is 38.5 Å².